The Kier molecular flexibility index (Phi) is 8.09. The third-order valence-electron chi connectivity index (χ3n) is 4.64. The molecule has 0 spiro atoms. The highest BCUT2D eigenvalue weighted by Crippen LogP contribution is 2.30. The molecule has 3 N–H and O–H groups in total. The van der Waals surface area contributed by atoms with Crippen LogP contribution in [0.4, 0.5) is 0 Å². The minimum Gasteiger partial charge on any atom is -0.497 e. The standard InChI is InChI=1S/C23H39N3O/c1-9-10-15-23(7,20(24)26-22(5,6)17-21(2,3)4)25-16-18-11-13-19(27-8)14-12-18/h9,11-14,25H,1,10,15-17H2,2-8H3,(H2,24,26). The SMILES string of the molecule is C=CCCC(C)(NCc1ccc(OC)cc1)C(N)=NC(C)(C)CC(C)(C)C. The molecule has 1 aromatic rings. The van der Waals surface area contributed by atoms with Crippen molar-refractivity contribution in [2.75, 3.05) is 7.11 Å². The van der Waals surface area contributed by atoms with Gasteiger partial charge >= 0.3 is 0 Å². The van der Waals surface area contributed by atoms with E-state index in [1.807, 2.05) is 18.2 Å². The van der Waals surface area contributed by atoms with E-state index in [2.05, 4.69) is 65.6 Å². The summed E-state index contributed by atoms with van der Waals surface area (Å²) in [4.78, 5) is 4.94. The first kappa shape index (κ1) is 23.2. The highest BCUT2D eigenvalue weighted by Gasteiger charge is 2.31. The maximum atomic E-state index is 6.54. The van der Waals surface area contributed by atoms with Gasteiger partial charge < -0.3 is 15.8 Å². The zero-order valence-corrected chi connectivity index (χ0v) is 18.4. The molecule has 1 unspecified atom stereocenters. The van der Waals surface area contributed by atoms with Crippen molar-refractivity contribution in [1.82, 2.24) is 5.32 Å². The Hall–Kier alpha value is -1.81. The molecule has 0 aliphatic rings. The number of nitrogens with zero attached hydrogens (tertiary/aromatic N) is 1. The molecule has 1 atom stereocenters. The summed E-state index contributed by atoms with van der Waals surface area (Å²) in [5, 5.41) is 3.63. The van der Waals surface area contributed by atoms with Gasteiger partial charge in [0, 0.05) is 6.54 Å². The van der Waals surface area contributed by atoms with Gasteiger partial charge in [-0.25, -0.2) is 0 Å². The molecule has 0 bridgehead atoms. The smallest absolute Gasteiger partial charge is 0.118 e. The molecule has 1 rings (SSSR count). The molecular weight excluding hydrogens is 334 g/mol. The van der Waals surface area contributed by atoms with Gasteiger partial charge in [-0.2, -0.15) is 0 Å². The first-order valence-electron chi connectivity index (χ1n) is 9.75. The van der Waals surface area contributed by atoms with Gasteiger partial charge in [0.1, 0.15) is 11.6 Å². The van der Waals surface area contributed by atoms with Crippen LogP contribution in [-0.2, 0) is 6.54 Å². The number of nitrogens with one attached hydrogen (secondary N) is 1. The quantitative estimate of drug-likeness (QED) is 0.341. The molecule has 0 amide bonds. The number of benzene rings is 1. The number of hydrogen-bond acceptors (Lipinski definition) is 3. The lowest BCUT2D eigenvalue weighted by atomic mass is 9.82. The van der Waals surface area contributed by atoms with Gasteiger partial charge in [-0.3, -0.25) is 4.99 Å². The second kappa shape index (κ2) is 9.41. The van der Waals surface area contributed by atoms with Crippen LogP contribution in [0.1, 0.15) is 66.4 Å². The Labute approximate surface area is 166 Å². The predicted molar refractivity (Wildman–Crippen MR) is 117 cm³/mol. The molecule has 1 aromatic carbocycles. The minimum atomic E-state index is -0.386. The lowest BCUT2D eigenvalue weighted by Gasteiger charge is -2.35. The van der Waals surface area contributed by atoms with Gasteiger partial charge in [-0.1, -0.05) is 39.0 Å². The van der Waals surface area contributed by atoms with E-state index in [1.54, 1.807) is 7.11 Å². The topological polar surface area (TPSA) is 59.6 Å². The highest BCUT2D eigenvalue weighted by molar-refractivity contribution is 5.90. The van der Waals surface area contributed by atoms with Crippen molar-refractivity contribution in [3.8, 4) is 5.75 Å². The van der Waals surface area contributed by atoms with E-state index in [9.17, 15) is 0 Å². The molecule has 0 fully saturated rings. The number of nitrogens with two attached hydrogens (primary N) is 1. The van der Waals surface area contributed by atoms with Gasteiger partial charge in [0.2, 0.25) is 0 Å². The number of amidine groups is 1. The van der Waals surface area contributed by atoms with Gasteiger partial charge in [-0.15, -0.1) is 6.58 Å². The summed E-state index contributed by atoms with van der Waals surface area (Å²) in [7, 11) is 1.68. The molecule has 152 valence electrons. The maximum Gasteiger partial charge on any atom is 0.118 e. The Balaban J connectivity index is 2.98. The number of ether oxygens (including phenoxy) is 1. The van der Waals surface area contributed by atoms with Crippen molar-refractivity contribution in [1.29, 1.82) is 0 Å². The zero-order valence-electron chi connectivity index (χ0n) is 18.4. The third-order valence-corrected chi connectivity index (χ3v) is 4.64. The second-order valence-corrected chi connectivity index (χ2v) is 9.41. The van der Waals surface area contributed by atoms with Crippen LogP contribution >= 0.6 is 0 Å². The summed E-state index contributed by atoms with van der Waals surface area (Å²) >= 11 is 0. The maximum absolute atomic E-state index is 6.54. The molecule has 0 saturated heterocycles. The van der Waals surface area contributed by atoms with Crippen molar-refractivity contribution >= 4 is 5.84 Å². The summed E-state index contributed by atoms with van der Waals surface area (Å²) in [5.41, 5.74) is 7.33. The van der Waals surface area contributed by atoms with Gasteiger partial charge in [0.15, 0.2) is 0 Å². The van der Waals surface area contributed by atoms with Crippen molar-refractivity contribution in [3.05, 3.63) is 42.5 Å². The van der Waals surface area contributed by atoms with Gasteiger partial charge in [-0.05, 0) is 63.1 Å². The van der Waals surface area contributed by atoms with Gasteiger partial charge in [0.25, 0.3) is 0 Å². The first-order chi connectivity index (χ1) is 12.4. The lowest BCUT2D eigenvalue weighted by molar-refractivity contribution is 0.286. The van der Waals surface area contributed by atoms with Crippen molar-refractivity contribution in [2.24, 2.45) is 16.1 Å². The lowest BCUT2D eigenvalue weighted by Crippen LogP contribution is -2.53. The normalized spacial score (nSPS) is 15.3. The number of hydrogen-bond donors (Lipinski definition) is 2. The summed E-state index contributed by atoms with van der Waals surface area (Å²) in [6.45, 7) is 17.7. The molecule has 0 saturated carbocycles. The molecular formula is C23H39N3O. The Bertz CT molecular complexity index is 626. The van der Waals surface area contributed by atoms with Crippen LogP contribution in [0.2, 0.25) is 0 Å². The molecule has 0 heterocycles. The molecule has 4 heteroatoms. The second-order valence-electron chi connectivity index (χ2n) is 9.41. The van der Waals surface area contributed by atoms with Gasteiger partial charge in [0.05, 0.1) is 18.2 Å². The summed E-state index contributed by atoms with van der Waals surface area (Å²) < 4.78 is 5.23. The minimum absolute atomic E-state index is 0.196. The van der Waals surface area contributed by atoms with Crippen molar-refractivity contribution in [3.63, 3.8) is 0 Å². The van der Waals surface area contributed by atoms with Crippen LogP contribution in [0.25, 0.3) is 0 Å². The molecule has 4 nitrogen and oxygen atoms in total. The summed E-state index contributed by atoms with van der Waals surface area (Å²) in [6.07, 6.45) is 4.63. The number of methoxy groups -OCH3 is 1. The summed E-state index contributed by atoms with van der Waals surface area (Å²) in [6, 6.07) is 8.08. The van der Waals surface area contributed by atoms with E-state index in [1.165, 1.54) is 5.56 Å². The fraction of sp³-hybridized carbons (Fsp3) is 0.609. The fourth-order valence-electron chi connectivity index (χ4n) is 3.53. The average Bonchev–Trinajstić information content (AvgIpc) is 2.56. The van der Waals surface area contributed by atoms with Crippen molar-refractivity contribution < 1.29 is 4.74 Å². The van der Waals surface area contributed by atoms with Crippen LogP contribution in [-0.4, -0.2) is 24.0 Å². The molecule has 0 aliphatic heterocycles. The number of allylic oxidation sites excluding steroid dienone is 1. The monoisotopic (exact) mass is 373 g/mol. The van der Waals surface area contributed by atoms with Crippen LogP contribution in [0, 0.1) is 5.41 Å². The molecule has 0 aromatic heterocycles. The van der Waals surface area contributed by atoms with E-state index >= 15 is 0 Å². The first-order valence-corrected chi connectivity index (χ1v) is 9.75. The molecule has 0 aliphatic carbocycles. The molecule has 0 radical (unpaired) electrons. The third kappa shape index (κ3) is 8.17. The summed E-state index contributed by atoms with van der Waals surface area (Å²) in [5.74, 6) is 1.52. The molecule has 27 heavy (non-hydrogen) atoms. The Morgan fingerprint density at radius 2 is 1.74 bits per heavy atom. The fourth-order valence-corrected chi connectivity index (χ4v) is 3.53. The zero-order chi connectivity index (χ0) is 20.7. The predicted octanol–water partition coefficient (Wildman–Crippen LogP) is 5.08. The average molecular weight is 374 g/mol. The van der Waals surface area contributed by atoms with E-state index in [-0.39, 0.29) is 16.5 Å². The number of aliphatic imine (C=N–C) groups is 1. The van der Waals surface area contributed by atoms with E-state index in [0.29, 0.717) is 12.4 Å². The Morgan fingerprint density at radius 3 is 2.22 bits per heavy atom. The number of rotatable bonds is 10. The largest absolute Gasteiger partial charge is 0.497 e. The van der Waals surface area contributed by atoms with Crippen LogP contribution in [0.5, 0.6) is 5.75 Å². The van der Waals surface area contributed by atoms with E-state index in [4.69, 9.17) is 15.5 Å². The highest BCUT2D eigenvalue weighted by atomic mass is 16.5. The van der Waals surface area contributed by atoms with Crippen molar-refractivity contribution in [2.45, 2.75) is 78.4 Å². The van der Waals surface area contributed by atoms with Crippen LogP contribution in [0.3, 0.4) is 0 Å². The Morgan fingerprint density at radius 1 is 1.15 bits per heavy atom. The van der Waals surface area contributed by atoms with Crippen LogP contribution < -0.4 is 15.8 Å². The van der Waals surface area contributed by atoms with E-state index in [0.717, 1.165) is 25.0 Å². The van der Waals surface area contributed by atoms with E-state index < -0.39 is 0 Å². The van der Waals surface area contributed by atoms with Crippen LogP contribution in [0.15, 0.2) is 41.9 Å².